The number of benzene rings is 1. The molecule has 1 saturated heterocycles. The van der Waals surface area contributed by atoms with Crippen molar-refractivity contribution < 1.29 is 19.1 Å². The first-order valence-corrected chi connectivity index (χ1v) is 10.0. The van der Waals surface area contributed by atoms with Crippen LogP contribution in [0.1, 0.15) is 39.2 Å². The Kier molecular flexibility index (Phi) is 7.84. The quantitative estimate of drug-likeness (QED) is 0.598. The van der Waals surface area contributed by atoms with Crippen molar-refractivity contribution in [1.82, 2.24) is 4.90 Å². The normalized spacial score (nSPS) is 14.5. The molecule has 0 unspecified atom stereocenters. The number of aryl methyl sites for hydroxylation is 1. The molecular weight excluding hydrogens is 358 g/mol. The maximum atomic E-state index is 12.5. The molecule has 7 heteroatoms. The van der Waals surface area contributed by atoms with E-state index in [0.717, 1.165) is 24.3 Å². The van der Waals surface area contributed by atoms with Crippen LogP contribution in [0.5, 0.6) is 0 Å². The van der Waals surface area contributed by atoms with Crippen LogP contribution in [-0.4, -0.2) is 55.5 Å². The van der Waals surface area contributed by atoms with Gasteiger partial charge in [0, 0.05) is 37.6 Å². The molecule has 0 radical (unpaired) electrons. The lowest BCUT2D eigenvalue weighted by molar-refractivity contribution is -0.152. The first-order chi connectivity index (χ1) is 13.4. The van der Waals surface area contributed by atoms with Crippen LogP contribution in [0.2, 0.25) is 0 Å². The van der Waals surface area contributed by atoms with Gasteiger partial charge in [0.1, 0.15) is 0 Å². The second kappa shape index (κ2) is 10.1. The van der Waals surface area contributed by atoms with Gasteiger partial charge in [-0.05, 0) is 64.3 Å². The minimum absolute atomic E-state index is 0.193. The molecule has 0 bridgehead atoms. The maximum Gasteiger partial charge on any atom is 0.313 e. The van der Waals surface area contributed by atoms with Crippen LogP contribution < -0.4 is 10.2 Å². The summed E-state index contributed by atoms with van der Waals surface area (Å²) in [5.74, 6) is -1.62. The lowest BCUT2D eigenvalue weighted by Crippen LogP contribution is -2.45. The molecule has 2 amide bonds. The zero-order valence-electron chi connectivity index (χ0n) is 17.3. The van der Waals surface area contributed by atoms with Gasteiger partial charge < -0.3 is 19.9 Å². The smallest absolute Gasteiger partial charge is 0.313 e. The van der Waals surface area contributed by atoms with Gasteiger partial charge in [-0.15, -0.1) is 0 Å². The molecule has 0 saturated carbocycles. The number of hydrogen-bond acceptors (Lipinski definition) is 5. The van der Waals surface area contributed by atoms with Crippen LogP contribution in [0.25, 0.3) is 0 Å². The SMILES string of the molecule is CCOC(=O)C1CCN(C(=O)C(=O)Nc2ccc(N(CC)CC)cc2C)CC1. The van der Waals surface area contributed by atoms with Gasteiger partial charge in [0.15, 0.2) is 0 Å². The highest BCUT2D eigenvalue weighted by Gasteiger charge is 2.30. The fourth-order valence-electron chi connectivity index (χ4n) is 3.47. The number of amides is 2. The van der Waals surface area contributed by atoms with Crippen molar-refractivity contribution in [3.05, 3.63) is 23.8 Å². The summed E-state index contributed by atoms with van der Waals surface area (Å²) in [6, 6.07) is 5.80. The maximum absolute atomic E-state index is 12.5. The zero-order chi connectivity index (χ0) is 20.7. The second-order valence-electron chi connectivity index (χ2n) is 6.94. The molecule has 1 aromatic carbocycles. The van der Waals surface area contributed by atoms with Gasteiger partial charge in [0.2, 0.25) is 0 Å². The highest BCUT2D eigenvalue weighted by atomic mass is 16.5. The van der Waals surface area contributed by atoms with Crippen LogP contribution in [-0.2, 0) is 19.1 Å². The number of carbonyl (C=O) groups is 3. The van der Waals surface area contributed by atoms with Gasteiger partial charge >= 0.3 is 17.8 Å². The van der Waals surface area contributed by atoms with Crippen LogP contribution in [0, 0.1) is 12.8 Å². The molecule has 7 nitrogen and oxygen atoms in total. The molecule has 1 aliphatic rings. The first-order valence-electron chi connectivity index (χ1n) is 10.0. The molecule has 1 N–H and O–H groups in total. The standard InChI is InChI=1S/C21H31N3O4/c1-5-23(6-2)17-8-9-18(15(4)14-17)22-19(25)20(26)24-12-10-16(11-13-24)21(27)28-7-3/h8-9,14,16H,5-7,10-13H2,1-4H3,(H,22,25). The Labute approximate surface area is 167 Å². The number of anilines is 2. The predicted molar refractivity (Wildman–Crippen MR) is 109 cm³/mol. The van der Waals surface area contributed by atoms with E-state index < -0.39 is 11.8 Å². The lowest BCUT2D eigenvalue weighted by Gasteiger charge is -2.30. The number of rotatable bonds is 6. The summed E-state index contributed by atoms with van der Waals surface area (Å²) in [6.45, 7) is 10.8. The molecule has 0 spiro atoms. The van der Waals surface area contributed by atoms with E-state index in [1.54, 1.807) is 6.92 Å². The zero-order valence-corrected chi connectivity index (χ0v) is 17.3. The van der Waals surface area contributed by atoms with Gasteiger partial charge in [-0.1, -0.05) is 0 Å². The lowest BCUT2D eigenvalue weighted by atomic mass is 9.97. The van der Waals surface area contributed by atoms with Crippen LogP contribution in [0.15, 0.2) is 18.2 Å². The van der Waals surface area contributed by atoms with E-state index >= 15 is 0 Å². The molecule has 1 aliphatic heterocycles. The Hall–Kier alpha value is -2.57. The molecule has 154 valence electrons. The molecule has 0 aromatic heterocycles. The molecule has 0 atom stereocenters. The van der Waals surface area contributed by atoms with Crippen molar-refractivity contribution in [3.8, 4) is 0 Å². The number of ether oxygens (including phenoxy) is 1. The predicted octanol–water partition coefficient (Wildman–Crippen LogP) is 2.58. The van der Waals surface area contributed by atoms with Crippen LogP contribution in [0.4, 0.5) is 11.4 Å². The van der Waals surface area contributed by atoms with E-state index in [0.29, 0.717) is 38.2 Å². The van der Waals surface area contributed by atoms with Gasteiger partial charge in [0.05, 0.1) is 12.5 Å². The van der Waals surface area contributed by atoms with Gasteiger partial charge in [0.25, 0.3) is 0 Å². The average Bonchev–Trinajstić information content (AvgIpc) is 2.70. The summed E-state index contributed by atoms with van der Waals surface area (Å²) in [6.07, 6.45) is 1.05. The van der Waals surface area contributed by atoms with Crippen LogP contribution in [0.3, 0.4) is 0 Å². The minimum Gasteiger partial charge on any atom is -0.466 e. The van der Waals surface area contributed by atoms with Crippen molar-refractivity contribution >= 4 is 29.2 Å². The van der Waals surface area contributed by atoms with E-state index in [4.69, 9.17) is 4.74 Å². The van der Waals surface area contributed by atoms with Gasteiger partial charge in [-0.2, -0.15) is 0 Å². The highest BCUT2D eigenvalue weighted by Crippen LogP contribution is 2.23. The third-order valence-corrected chi connectivity index (χ3v) is 5.18. The summed E-state index contributed by atoms with van der Waals surface area (Å²) in [7, 11) is 0. The molecular formula is C21H31N3O4. The van der Waals surface area contributed by atoms with E-state index in [9.17, 15) is 14.4 Å². The molecule has 2 rings (SSSR count). The summed E-state index contributed by atoms with van der Waals surface area (Å²) < 4.78 is 5.03. The number of esters is 1. The summed E-state index contributed by atoms with van der Waals surface area (Å²) >= 11 is 0. The summed E-state index contributed by atoms with van der Waals surface area (Å²) in [5.41, 5.74) is 2.63. The van der Waals surface area contributed by atoms with Crippen LogP contribution >= 0.6 is 0 Å². The number of piperidine rings is 1. The fraction of sp³-hybridized carbons (Fsp3) is 0.571. The Bertz CT molecular complexity index is 708. The molecule has 1 aromatic rings. The van der Waals surface area contributed by atoms with Crippen molar-refractivity contribution in [2.75, 3.05) is 43.0 Å². The summed E-state index contributed by atoms with van der Waals surface area (Å²) in [5, 5.41) is 2.72. The number of carbonyl (C=O) groups excluding carboxylic acids is 3. The molecule has 1 heterocycles. The number of nitrogens with zero attached hydrogens (tertiary/aromatic N) is 2. The van der Waals surface area contributed by atoms with Crippen molar-refractivity contribution in [2.24, 2.45) is 5.92 Å². The van der Waals surface area contributed by atoms with Crippen molar-refractivity contribution in [3.63, 3.8) is 0 Å². The monoisotopic (exact) mass is 389 g/mol. The third-order valence-electron chi connectivity index (χ3n) is 5.18. The molecule has 28 heavy (non-hydrogen) atoms. The number of nitrogens with one attached hydrogen (secondary N) is 1. The minimum atomic E-state index is -0.645. The fourth-order valence-corrected chi connectivity index (χ4v) is 3.47. The first kappa shape index (κ1) is 21.7. The van der Waals surface area contributed by atoms with Gasteiger partial charge in [-0.25, -0.2) is 0 Å². The molecule has 1 fully saturated rings. The Morgan fingerprint density at radius 3 is 2.32 bits per heavy atom. The number of likely N-dealkylation sites (tertiary alicyclic amines) is 1. The van der Waals surface area contributed by atoms with E-state index in [1.165, 1.54) is 4.90 Å². The Morgan fingerprint density at radius 1 is 1.14 bits per heavy atom. The van der Waals surface area contributed by atoms with Crippen molar-refractivity contribution in [2.45, 2.75) is 40.5 Å². The molecule has 0 aliphatic carbocycles. The average molecular weight is 389 g/mol. The summed E-state index contributed by atoms with van der Waals surface area (Å²) in [4.78, 5) is 40.4. The Balaban J connectivity index is 1.94. The van der Waals surface area contributed by atoms with Crippen molar-refractivity contribution in [1.29, 1.82) is 0 Å². The number of hydrogen-bond donors (Lipinski definition) is 1. The van der Waals surface area contributed by atoms with E-state index in [2.05, 4.69) is 24.1 Å². The third kappa shape index (κ3) is 5.24. The largest absolute Gasteiger partial charge is 0.466 e. The van der Waals surface area contributed by atoms with Gasteiger partial charge in [-0.3, -0.25) is 14.4 Å². The Morgan fingerprint density at radius 2 is 1.79 bits per heavy atom. The topological polar surface area (TPSA) is 78.9 Å². The van der Waals surface area contributed by atoms with E-state index in [1.807, 2.05) is 25.1 Å². The highest BCUT2D eigenvalue weighted by molar-refractivity contribution is 6.39. The second-order valence-corrected chi connectivity index (χ2v) is 6.94. The van der Waals surface area contributed by atoms with E-state index in [-0.39, 0.29) is 11.9 Å².